The predicted molar refractivity (Wildman–Crippen MR) is 105 cm³/mol. The molecule has 2 aromatic carbocycles. The molecule has 3 rings (SSSR count). The third kappa shape index (κ3) is 4.39. The Balaban J connectivity index is 1.50. The zero-order chi connectivity index (χ0) is 19.2. The quantitative estimate of drug-likeness (QED) is 0.621. The van der Waals surface area contributed by atoms with Gasteiger partial charge in [-0.25, -0.2) is 4.98 Å². The lowest BCUT2D eigenvalue weighted by Crippen LogP contribution is -2.26. The van der Waals surface area contributed by atoms with Gasteiger partial charge >= 0.3 is 0 Å². The molecule has 1 amide bonds. The minimum atomic E-state index is -0.00516. The zero-order valence-corrected chi connectivity index (χ0v) is 16.0. The number of hydrogen-bond acceptors (Lipinski definition) is 4. The molecule has 1 N–H and O–H groups in total. The average molecular weight is 367 g/mol. The van der Waals surface area contributed by atoms with E-state index in [2.05, 4.69) is 20.9 Å². The van der Waals surface area contributed by atoms with Crippen LogP contribution in [-0.4, -0.2) is 36.2 Å². The van der Waals surface area contributed by atoms with E-state index in [9.17, 15) is 4.79 Å². The highest BCUT2D eigenvalue weighted by molar-refractivity contribution is 5.78. The van der Waals surface area contributed by atoms with Gasteiger partial charge in [0, 0.05) is 13.1 Å². The van der Waals surface area contributed by atoms with Crippen LogP contribution in [-0.2, 0) is 17.8 Å². The maximum Gasteiger partial charge on any atom is 0.224 e. The number of aromatic nitrogens is 2. The lowest BCUT2D eigenvalue weighted by molar-refractivity contribution is -0.120. The van der Waals surface area contributed by atoms with Crippen molar-refractivity contribution in [1.82, 2.24) is 14.9 Å². The molecule has 3 aromatic rings. The van der Waals surface area contributed by atoms with Gasteiger partial charge in [-0.3, -0.25) is 4.79 Å². The number of methoxy groups -OCH3 is 2. The molecule has 0 aliphatic rings. The number of imidazole rings is 1. The fourth-order valence-corrected chi connectivity index (χ4v) is 3.18. The highest BCUT2D eigenvalue weighted by Crippen LogP contribution is 2.27. The second kappa shape index (κ2) is 8.58. The van der Waals surface area contributed by atoms with Crippen molar-refractivity contribution in [2.24, 2.45) is 0 Å². The molecule has 142 valence electrons. The molecule has 0 saturated carbocycles. The molecule has 0 spiro atoms. The van der Waals surface area contributed by atoms with E-state index in [0.29, 0.717) is 24.5 Å². The Morgan fingerprint density at radius 1 is 1.11 bits per heavy atom. The molecule has 0 fully saturated rings. The van der Waals surface area contributed by atoms with Crippen LogP contribution in [0.4, 0.5) is 0 Å². The molecule has 27 heavy (non-hydrogen) atoms. The van der Waals surface area contributed by atoms with Gasteiger partial charge in [0.1, 0.15) is 5.82 Å². The highest BCUT2D eigenvalue weighted by Gasteiger charge is 2.09. The largest absolute Gasteiger partial charge is 0.493 e. The number of amides is 1. The van der Waals surface area contributed by atoms with Crippen molar-refractivity contribution in [2.75, 3.05) is 20.8 Å². The molecule has 0 aliphatic carbocycles. The Hall–Kier alpha value is -3.02. The molecule has 6 heteroatoms. The van der Waals surface area contributed by atoms with E-state index in [1.165, 1.54) is 0 Å². The van der Waals surface area contributed by atoms with Gasteiger partial charge in [-0.15, -0.1) is 0 Å². The standard InChI is InChI=1S/C21H25N3O3/c1-15-23-17-7-4-5-8-18(17)24(15)12-6-11-22-21(25)14-16-9-10-19(26-2)20(13-16)27-3/h4-5,7-10,13H,6,11-12,14H2,1-3H3,(H,22,25). The Kier molecular flexibility index (Phi) is 5.96. The number of aryl methyl sites for hydroxylation is 2. The summed E-state index contributed by atoms with van der Waals surface area (Å²) in [6, 6.07) is 13.6. The normalized spacial score (nSPS) is 10.8. The van der Waals surface area contributed by atoms with Crippen LogP contribution in [0.25, 0.3) is 11.0 Å². The van der Waals surface area contributed by atoms with E-state index in [4.69, 9.17) is 9.47 Å². The predicted octanol–water partition coefficient (Wildman–Crippen LogP) is 3.11. The first-order valence-corrected chi connectivity index (χ1v) is 9.02. The Morgan fingerprint density at radius 3 is 2.67 bits per heavy atom. The molecule has 0 bridgehead atoms. The molecule has 6 nitrogen and oxygen atoms in total. The zero-order valence-electron chi connectivity index (χ0n) is 16.0. The van der Waals surface area contributed by atoms with Crippen LogP contribution in [0.5, 0.6) is 11.5 Å². The molecule has 0 atom stereocenters. The summed E-state index contributed by atoms with van der Waals surface area (Å²) in [5, 5.41) is 2.98. The number of benzene rings is 2. The summed E-state index contributed by atoms with van der Waals surface area (Å²) in [4.78, 5) is 16.8. The monoisotopic (exact) mass is 367 g/mol. The summed E-state index contributed by atoms with van der Waals surface area (Å²) < 4.78 is 12.7. The molecule has 0 unspecified atom stereocenters. The van der Waals surface area contributed by atoms with Crippen LogP contribution >= 0.6 is 0 Å². The van der Waals surface area contributed by atoms with Crippen LogP contribution in [0.1, 0.15) is 17.8 Å². The first-order valence-electron chi connectivity index (χ1n) is 9.02. The SMILES string of the molecule is COc1ccc(CC(=O)NCCCn2c(C)nc3ccccc32)cc1OC. The Morgan fingerprint density at radius 2 is 1.89 bits per heavy atom. The lowest BCUT2D eigenvalue weighted by Gasteiger charge is -2.10. The maximum atomic E-state index is 12.2. The van der Waals surface area contributed by atoms with E-state index >= 15 is 0 Å². The molecule has 0 radical (unpaired) electrons. The van der Waals surface area contributed by atoms with E-state index in [1.807, 2.05) is 43.3 Å². The Labute approximate surface area is 159 Å². The van der Waals surface area contributed by atoms with E-state index < -0.39 is 0 Å². The van der Waals surface area contributed by atoms with Gasteiger partial charge in [0.05, 0.1) is 31.7 Å². The number of carbonyl (C=O) groups excluding carboxylic acids is 1. The van der Waals surface area contributed by atoms with Crippen molar-refractivity contribution in [1.29, 1.82) is 0 Å². The molecule has 0 aliphatic heterocycles. The topological polar surface area (TPSA) is 65.4 Å². The van der Waals surface area contributed by atoms with Crippen molar-refractivity contribution < 1.29 is 14.3 Å². The number of hydrogen-bond donors (Lipinski definition) is 1. The van der Waals surface area contributed by atoms with Gasteiger partial charge < -0.3 is 19.4 Å². The third-order valence-electron chi connectivity index (χ3n) is 4.54. The van der Waals surface area contributed by atoms with Gasteiger partial charge in [-0.05, 0) is 43.2 Å². The van der Waals surface area contributed by atoms with Crippen LogP contribution in [0.2, 0.25) is 0 Å². The number of rotatable bonds is 8. The summed E-state index contributed by atoms with van der Waals surface area (Å²) in [6.45, 7) is 3.46. The van der Waals surface area contributed by atoms with Gasteiger partial charge in [-0.2, -0.15) is 0 Å². The summed E-state index contributed by atoms with van der Waals surface area (Å²) >= 11 is 0. The van der Waals surface area contributed by atoms with Gasteiger partial charge in [0.25, 0.3) is 0 Å². The van der Waals surface area contributed by atoms with Crippen LogP contribution < -0.4 is 14.8 Å². The van der Waals surface area contributed by atoms with Crippen molar-refractivity contribution in [2.45, 2.75) is 26.3 Å². The number of carbonyl (C=O) groups is 1. The van der Waals surface area contributed by atoms with E-state index in [0.717, 1.165) is 35.4 Å². The van der Waals surface area contributed by atoms with E-state index in [-0.39, 0.29) is 5.91 Å². The van der Waals surface area contributed by atoms with Crippen molar-refractivity contribution >= 4 is 16.9 Å². The molecule has 1 aromatic heterocycles. The second-order valence-corrected chi connectivity index (χ2v) is 6.37. The second-order valence-electron chi connectivity index (χ2n) is 6.37. The lowest BCUT2D eigenvalue weighted by atomic mass is 10.1. The van der Waals surface area contributed by atoms with Crippen molar-refractivity contribution in [3.8, 4) is 11.5 Å². The first kappa shape index (κ1) is 18.8. The first-order chi connectivity index (χ1) is 13.1. The third-order valence-corrected chi connectivity index (χ3v) is 4.54. The van der Waals surface area contributed by atoms with Gasteiger partial charge in [-0.1, -0.05) is 18.2 Å². The van der Waals surface area contributed by atoms with Crippen LogP contribution in [0.3, 0.4) is 0 Å². The number of fused-ring (bicyclic) bond motifs is 1. The number of nitrogens with zero attached hydrogens (tertiary/aromatic N) is 2. The average Bonchev–Trinajstić information content (AvgIpc) is 3.00. The van der Waals surface area contributed by atoms with Gasteiger partial charge in [0.15, 0.2) is 11.5 Å². The fraction of sp³-hybridized carbons (Fsp3) is 0.333. The Bertz CT molecular complexity index is 934. The number of nitrogens with one attached hydrogen (secondary N) is 1. The molecule has 0 saturated heterocycles. The maximum absolute atomic E-state index is 12.2. The smallest absolute Gasteiger partial charge is 0.224 e. The van der Waals surface area contributed by atoms with E-state index in [1.54, 1.807) is 14.2 Å². The molecule has 1 heterocycles. The number of ether oxygens (including phenoxy) is 2. The number of para-hydroxylation sites is 2. The fourth-order valence-electron chi connectivity index (χ4n) is 3.18. The minimum absolute atomic E-state index is 0.00516. The minimum Gasteiger partial charge on any atom is -0.493 e. The van der Waals surface area contributed by atoms with Gasteiger partial charge in [0.2, 0.25) is 5.91 Å². The summed E-state index contributed by atoms with van der Waals surface area (Å²) in [5.74, 6) is 2.28. The highest BCUT2D eigenvalue weighted by atomic mass is 16.5. The molecular formula is C21H25N3O3. The van der Waals surface area contributed by atoms with Crippen LogP contribution in [0, 0.1) is 6.92 Å². The van der Waals surface area contributed by atoms with Crippen LogP contribution in [0.15, 0.2) is 42.5 Å². The van der Waals surface area contributed by atoms with Crippen molar-refractivity contribution in [3.63, 3.8) is 0 Å². The summed E-state index contributed by atoms with van der Waals surface area (Å²) in [5.41, 5.74) is 3.03. The summed E-state index contributed by atoms with van der Waals surface area (Å²) in [7, 11) is 3.18. The summed E-state index contributed by atoms with van der Waals surface area (Å²) in [6.07, 6.45) is 1.16. The molecular weight excluding hydrogens is 342 g/mol. The van der Waals surface area contributed by atoms with Crippen molar-refractivity contribution in [3.05, 3.63) is 53.9 Å².